The van der Waals surface area contributed by atoms with Gasteiger partial charge in [0.05, 0.1) is 6.61 Å². The first-order valence-electron chi connectivity index (χ1n) is 10.2. The lowest BCUT2D eigenvalue weighted by atomic mass is 10.0. The second-order valence-corrected chi connectivity index (χ2v) is 8.03. The normalized spacial score (nSPS) is 11.4. The molecule has 1 atom stereocenters. The summed E-state index contributed by atoms with van der Waals surface area (Å²) in [7, 11) is 0. The summed E-state index contributed by atoms with van der Waals surface area (Å²) in [5.74, 6) is -4.83. The predicted molar refractivity (Wildman–Crippen MR) is 121 cm³/mol. The number of thioether (sulfide) groups is 1. The molecule has 2 aromatic rings. The number of unbranched alkanes of at least 4 members (excludes halogenated alkanes) is 1. The average Bonchev–Trinajstić information content (AvgIpc) is 2.76. The first-order chi connectivity index (χ1) is 16.1. The van der Waals surface area contributed by atoms with Crippen LogP contribution in [0.3, 0.4) is 0 Å². The Labute approximate surface area is 198 Å². The third-order valence-electron chi connectivity index (χ3n) is 4.41. The van der Waals surface area contributed by atoms with Crippen LogP contribution in [0.2, 0.25) is 0 Å². The predicted octanol–water partition coefficient (Wildman–Crippen LogP) is 4.41. The lowest BCUT2D eigenvalue weighted by Gasteiger charge is -2.14. The van der Waals surface area contributed by atoms with Crippen molar-refractivity contribution < 1.29 is 42.5 Å². The number of benzene rings is 2. The Kier molecular flexibility index (Phi) is 9.99. The molecule has 0 unspecified atom stereocenters. The molecule has 0 saturated heterocycles. The molecule has 0 heterocycles. The average molecular weight is 496 g/mol. The molecule has 0 fully saturated rings. The molecular formula is C23H23F2NO7S. The van der Waals surface area contributed by atoms with E-state index in [4.69, 9.17) is 14.6 Å². The van der Waals surface area contributed by atoms with Gasteiger partial charge in [-0.05, 0) is 48.0 Å². The summed E-state index contributed by atoms with van der Waals surface area (Å²) < 4.78 is 37.9. The molecule has 0 bridgehead atoms. The maximum Gasteiger partial charge on any atom is 0.372 e. The van der Waals surface area contributed by atoms with Crippen LogP contribution < -0.4 is 10.1 Å². The Bertz CT molecular complexity index is 1080. The molecule has 2 aromatic carbocycles. The second kappa shape index (κ2) is 12.7. The van der Waals surface area contributed by atoms with E-state index < -0.39 is 40.8 Å². The zero-order valence-electron chi connectivity index (χ0n) is 18.4. The van der Waals surface area contributed by atoms with E-state index in [1.807, 2.05) is 6.92 Å². The van der Waals surface area contributed by atoms with Crippen molar-refractivity contribution in [3.63, 3.8) is 0 Å². The van der Waals surface area contributed by atoms with Gasteiger partial charge in [0.1, 0.15) is 29.0 Å². The Hall–Kier alpha value is -3.47. The van der Waals surface area contributed by atoms with E-state index in [0.717, 1.165) is 19.4 Å². The molecule has 0 spiro atoms. The topological polar surface area (TPSA) is 119 Å². The van der Waals surface area contributed by atoms with E-state index >= 15 is 0 Å². The van der Waals surface area contributed by atoms with E-state index in [1.54, 1.807) is 0 Å². The lowest BCUT2D eigenvalue weighted by molar-refractivity contribution is -0.140. The Balaban J connectivity index is 2.27. The SMILES string of the molecule is CCCCOC(=O)c1cc(-c2ccc(F)cc2F)ccc1OC(=O)SC[C@H](NC(C)=O)C(=O)O. The number of nitrogens with one attached hydrogen (secondary N) is 1. The van der Waals surface area contributed by atoms with E-state index in [0.29, 0.717) is 24.2 Å². The number of esters is 1. The largest absolute Gasteiger partial charge is 0.480 e. The molecule has 0 aliphatic heterocycles. The number of ether oxygens (including phenoxy) is 2. The van der Waals surface area contributed by atoms with Gasteiger partial charge in [-0.15, -0.1) is 0 Å². The van der Waals surface area contributed by atoms with Gasteiger partial charge in [0.15, 0.2) is 0 Å². The van der Waals surface area contributed by atoms with Crippen molar-refractivity contribution in [2.24, 2.45) is 0 Å². The highest BCUT2D eigenvalue weighted by Gasteiger charge is 2.23. The van der Waals surface area contributed by atoms with Crippen LogP contribution in [0.15, 0.2) is 36.4 Å². The van der Waals surface area contributed by atoms with Crippen LogP contribution in [0.4, 0.5) is 13.6 Å². The van der Waals surface area contributed by atoms with Crippen LogP contribution in [-0.2, 0) is 14.3 Å². The number of hydrogen-bond donors (Lipinski definition) is 2. The number of hydrogen-bond acceptors (Lipinski definition) is 7. The molecule has 8 nitrogen and oxygen atoms in total. The molecular weight excluding hydrogens is 472 g/mol. The molecule has 0 aliphatic carbocycles. The van der Waals surface area contributed by atoms with E-state index in [-0.39, 0.29) is 34.8 Å². The van der Waals surface area contributed by atoms with Gasteiger partial charge >= 0.3 is 17.2 Å². The van der Waals surface area contributed by atoms with Crippen LogP contribution in [0.25, 0.3) is 11.1 Å². The van der Waals surface area contributed by atoms with Crippen molar-refractivity contribution in [1.82, 2.24) is 5.32 Å². The minimum Gasteiger partial charge on any atom is -0.480 e. The molecule has 0 aromatic heterocycles. The third-order valence-corrected chi connectivity index (χ3v) is 5.23. The van der Waals surface area contributed by atoms with Crippen molar-refractivity contribution in [3.8, 4) is 16.9 Å². The summed E-state index contributed by atoms with van der Waals surface area (Å²) in [6.07, 6.45) is 1.37. The molecule has 11 heteroatoms. The number of carbonyl (C=O) groups is 4. The summed E-state index contributed by atoms with van der Waals surface area (Å²) in [6, 6.07) is 5.55. The van der Waals surface area contributed by atoms with Gasteiger partial charge < -0.3 is 19.9 Å². The van der Waals surface area contributed by atoms with Crippen LogP contribution in [-0.4, -0.2) is 46.7 Å². The monoisotopic (exact) mass is 495 g/mol. The summed E-state index contributed by atoms with van der Waals surface area (Å²) in [5, 5.41) is 10.4. The fourth-order valence-corrected chi connectivity index (χ4v) is 3.42. The van der Waals surface area contributed by atoms with Crippen LogP contribution in [0.5, 0.6) is 5.75 Å². The first-order valence-corrected chi connectivity index (χ1v) is 11.2. The highest BCUT2D eigenvalue weighted by atomic mass is 32.2. The minimum absolute atomic E-state index is 0.0240. The van der Waals surface area contributed by atoms with Gasteiger partial charge in [-0.25, -0.2) is 23.2 Å². The van der Waals surface area contributed by atoms with Gasteiger partial charge in [0.2, 0.25) is 5.91 Å². The lowest BCUT2D eigenvalue weighted by Crippen LogP contribution is -2.41. The van der Waals surface area contributed by atoms with Crippen molar-refractivity contribution in [3.05, 3.63) is 53.6 Å². The maximum atomic E-state index is 14.2. The zero-order valence-corrected chi connectivity index (χ0v) is 19.2. The second-order valence-electron chi connectivity index (χ2n) is 7.08. The van der Waals surface area contributed by atoms with Crippen molar-refractivity contribution >= 4 is 34.9 Å². The van der Waals surface area contributed by atoms with Gasteiger partial charge in [-0.3, -0.25) is 4.79 Å². The highest BCUT2D eigenvalue weighted by molar-refractivity contribution is 8.13. The molecule has 0 aliphatic rings. The zero-order chi connectivity index (χ0) is 25.3. The summed E-state index contributed by atoms with van der Waals surface area (Å²) in [5.41, 5.74) is 0.0859. The number of carboxylic acids is 1. The number of aliphatic carboxylic acids is 1. The molecule has 2 rings (SSSR count). The van der Waals surface area contributed by atoms with Crippen LogP contribution >= 0.6 is 11.8 Å². The number of amides is 1. The van der Waals surface area contributed by atoms with Gasteiger partial charge in [-0.1, -0.05) is 19.4 Å². The van der Waals surface area contributed by atoms with Crippen molar-refractivity contribution in [1.29, 1.82) is 0 Å². The van der Waals surface area contributed by atoms with Crippen LogP contribution in [0, 0.1) is 11.6 Å². The highest BCUT2D eigenvalue weighted by Crippen LogP contribution is 2.30. The fraction of sp³-hybridized carbons (Fsp3) is 0.304. The van der Waals surface area contributed by atoms with E-state index in [2.05, 4.69) is 5.32 Å². The molecule has 34 heavy (non-hydrogen) atoms. The molecule has 182 valence electrons. The third kappa shape index (κ3) is 7.84. The molecule has 1 amide bonds. The summed E-state index contributed by atoms with van der Waals surface area (Å²) in [4.78, 5) is 47.2. The standard InChI is InChI=1S/C23H23F2NO7S/c1-3-4-9-32-22(30)17-10-14(16-7-6-15(24)11-18(16)25)5-8-20(17)33-23(31)34-12-19(21(28)29)26-13(2)27/h5-8,10-11,19H,3-4,9,12H2,1-2H3,(H,26,27)(H,28,29)/t19-/m0/s1. The van der Waals surface area contributed by atoms with E-state index in [1.165, 1.54) is 24.3 Å². The van der Waals surface area contributed by atoms with Gasteiger partial charge in [0, 0.05) is 24.3 Å². The number of rotatable bonds is 10. The fourth-order valence-electron chi connectivity index (χ4n) is 2.75. The smallest absolute Gasteiger partial charge is 0.372 e. The number of halogens is 2. The number of carbonyl (C=O) groups excluding carboxylic acids is 3. The van der Waals surface area contributed by atoms with Gasteiger partial charge in [-0.2, -0.15) is 0 Å². The Morgan fingerprint density at radius 3 is 2.47 bits per heavy atom. The molecule has 2 N–H and O–H groups in total. The molecule has 0 radical (unpaired) electrons. The van der Waals surface area contributed by atoms with E-state index in [9.17, 15) is 28.0 Å². The Morgan fingerprint density at radius 1 is 1.12 bits per heavy atom. The van der Waals surface area contributed by atoms with Crippen LogP contribution in [0.1, 0.15) is 37.0 Å². The maximum absolute atomic E-state index is 14.2. The first kappa shape index (κ1) is 26.8. The summed E-state index contributed by atoms with van der Waals surface area (Å²) >= 11 is 0.486. The van der Waals surface area contributed by atoms with Crippen molar-refractivity contribution in [2.45, 2.75) is 32.7 Å². The Morgan fingerprint density at radius 2 is 1.85 bits per heavy atom. The van der Waals surface area contributed by atoms with Crippen molar-refractivity contribution in [2.75, 3.05) is 12.4 Å². The quantitative estimate of drug-likeness (QED) is 0.368. The molecule has 0 saturated carbocycles. The number of carboxylic acid groups (broad SMARTS) is 1. The van der Waals surface area contributed by atoms with Gasteiger partial charge in [0.25, 0.3) is 0 Å². The summed E-state index contributed by atoms with van der Waals surface area (Å²) in [6.45, 7) is 3.16. The minimum atomic E-state index is -1.33.